The van der Waals surface area contributed by atoms with Gasteiger partial charge in [0.05, 0.1) is 23.9 Å². The van der Waals surface area contributed by atoms with E-state index in [0.29, 0.717) is 5.47 Å². The Balaban J connectivity index is 1.79. The summed E-state index contributed by atoms with van der Waals surface area (Å²) in [4.78, 5) is 24.0. The Bertz CT molecular complexity index is 1050. The molecule has 1 heterocycles. The zero-order valence-corrected chi connectivity index (χ0v) is 20.0. The fourth-order valence-corrected chi connectivity index (χ4v) is 3.23. The van der Waals surface area contributed by atoms with Crippen molar-refractivity contribution in [2.75, 3.05) is 13.7 Å². The van der Waals surface area contributed by atoms with Crippen LogP contribution < -0.4 is 5.32 Å². The monoisotopic (exact) mass is 469 g/mol. The van der Waals surface area contributed by atoms with Crippen molar-refractivity contribution in [1.82, 2.24) is 5.32 Å². The van der Waals surface area contributed by atoms with Gasteiger partial charge in [0.2, 0.25) is 0 Å². The Morgan fingerprint density at radius 2 is 1.71 bits per heavy atom. The lowest BCUT2D eigenvalue weighted by Gasteiger charge is -2.32. The number of ether oxygens (including phenoxy) is 2. The maximum atomic E-state index is 14.8. The third-order valence-electron chi connectivity index (χ3n) is 5.97. The van der Waals surface area contributed by atoms with Crippen molar-refractivity contribution in [3.63, 3.8) is 0 Å². The number of rotatable bonds is 7. The van der Waals surface area contributed by atoms with Crippen LogP contribution in [0.1, 0.15) is 49.2 Å². The quantitative estimate of drug-likeness (QED) is 0.473. The molecule has 1 N–H and O–H groups in total. The van der Waals surface area contributed by atoms with Crippen molar-refractivity contribution in [3.05, 3.63) is 76.5 Å². The standard InChI is InChI=1S/C25H29BFNO6/c1-24(2)25(3,4)34-26(33-24)20(13-18-11-12-19(14-21(18)27)22(29)31-5)15-28-23(30)32-16-17-9-7-6-8-10-17/h6-14H,15-16H2,1-5H3,(H,28,30). The molecule has 2 aromatic carbocycles. The zero-order valence-electron chi connectivity index (χ0n) is 20.0. The van der Waals surface area contributed by atoms with Gasteiger partial charge in [0.15, 0.2) is 0 Å². The number of hydrogen-bond acceptors (Lipinski definition) is 6. The van der Waals surface area contributed by atoms with Crippen LogP contribution in [0.15, 0.2) is 54.0 Å². The summed E-state index contributed by atoms with van der Waals surface area (Å²) < 4.78 is 36.9. The number of nitrogens with one attached hydrogen (secondary N) is 1. The first kappa shape index (κ1) is 25.5. The molecule has 0 atom stereocenters. The first-order valence-electron chi connectivity index (χ1n) is 10.9. The predicted octanol–water partition coefficient (Wildman–Crippen LogP) is 4.55. The number of carbonyl (C=O) groups excluding carboxylic acids is 2. The first-order valence-corrected chi connectivity index (χ1v) is 10.9. The summed E-state index contributed by atoms with van der Waals surface area (Å²) in [7, 11) is 0.409. The third kappa shape index (κ3) is 6.04. The van der Waals surface area contributed by atoms with E-state index in [4.69, 9.17) is 14.0 Å². The van der Waals surface area contributed by atoms with E-state index in [1.54, 1.807) is 0 Å². The molecule has 0 saturated carbocycles. The fourth-order valence-electron chi connectivity index (χ4n) is 3.23. The lowest BCUT2D eigenvalue weighted by molar-refractivity contribution is 0.00578. The van der Waals surface area contributed by atoms with Gasteiger partial charge in [-0.15, -0.1) is 0 Å². The second-order valence-corrected chi connectivity index (χ2v) is 8.95. The molecule has 2 aromatic rings. The van der Waals surface area contributed by atoms with E-state index in [1.165, 1.54) is 25.3 Å². The Hall–Kier alpha value is -3.17. The van der Waals surface area contributed by atoms with E-state index in [-0.39, 0.29) is 24.3 Å². The van der Waals surface area contributed by atoms with Gasteiger partial charge in [-0.05, 0) is 50.9 Å². The van der Waals surface area contributed by atoms with Gasteiger partial charge in [0.1, 0.15) is 12.4 Å². The molecule has 1 aliphatic rings. The highest BCUT2D eigenvalue weighted by Crippen LogP contribution is 2.38. The smallest absolute Gasteiger partial charge is 0.465 e. The molecule has 3 rings (SSSR count). The Morgan fingerprint density at radius 1 is 1.06 bits per heavy atom. The molecule has 1 amide bonds. The van der Waals surface area contributed by atoms with Gasteiger partial charge in [-0.25, -0.2) is 14.0 Å². The minimum atomic E-state index is -0.820. The van der Waals surface area contributed by atoms with Crippen LogP contribution in [0.3, 0.4) is 0 Å². The molecule has 1 fully saturated rings. The van der Waals surface area contributed by atoms with Gasteiger partial charge in [-0.2, -0.15) is 0 Å². The molecule has 0 aliphatic carbocycles. The van der Waals surface area contributed by atoms with E-state index in [2.05, 4.69) is 10.1 Å². The van der Waals surface area contributed by atoms with Crippen LogP contribution in [0.4, 0.5) is 9.18 Å². The molecule has 0 bridgehead atoms. The number of alkyl carbamates (subject to hydrolysis) is 1. The van der Waals surface area contributed by atoms with E-state index >= 15 is 0 Å². The van der Waals surface area contributed by atoms with Crippen LogP contribution in [-0.2, 0) is 25.4 Å². The van der Waals surface area contributed by atoms with Gasteiger partial charge < -0.3 is 24.1 Å². The zero-order chi connectivity index (χ0) is 24.9. The molecular weight excluding hydrogens is 440 g/mol. The average molecular weight is 469 g/mol. The molecule has 180 valence electrons. The van der Waals surface area contributed by atoms with Gasteiger partial charge in [-0.1, -0.05) is 42.5 Å². The topological polar surface area (TPSA) is 83.1 Å². The molecule has 1 aliphatic heterocycles. The van der Waals surface area contributed by atoms with Crippen molar-refractivity contribution in [2.24, 2.45) is 0 Å². The summed E-state index contributed by atoms with van der Waals surface area (Å²) in [5, 5.41) is 2.68. The summed E-state index contributed by atoms with van der Waals surface area (Å²) in [6, 6.07) is 13.3. The van der Waals surface area contributed by atoms with Gasteiger partial charge in [0, 0.05) is 12.1 Å². The van der Waals surface area contributed by atoms with Gasteiger partial charge in [0.25, 0.3) is 0 Å². The second kappa shape index (κ2) is 10.4. The Kier molecular flexibility index (Phi) is 7.79. The average Bonchev–Trinajstić information content (AvgIpc) is 3.02. The maximum Gasteiger partial charge on any atom is 0.492 e. The molecule has 0 spiro atoms. The number of methoxy groups -OCH3 is 1. The maximum absolute atomic E-state index is 14.8. The first-order chi connectivity index (χ1) is 16.0. The molecule has 0 radical (unpaired) electrons. The minimum absolute atomic E-state index is 0.00262. The molecule has 0 unspecified atom stereocenters. The van der Waals surface area contributed by atoms with Crippen molar-refractivity contribution in [1.29, 1.82) is 0 Å². The highest BCUT2D eigenvalue weighted by atomic mass is 19.1. The fraction of sp³-hybridized carbons (Fsp3) is 0.360. The lowest BCUT2D eigenvalue weighted by Crippen LogP contribution is -2.41. The number of esters is 1. The van der Waals surface area contributed by atoms with E-state index in [9.17, 15) is 14.0 Å². The minimum Gasteiger partial charge on any atom is -0.465 e. The molecule has 1 saturated heterocycles. The molecule has 7 nitrogen and oxygen atoms in total. The van der Waals surface area contributed by atoms with Gasteiger partial charge in [-0.3, -0.25) is 0 Å². The SMILES string of the molecule is COC(=O)c1ccc(C=C(CNC(=O)OCc2ccccc2)B2OC(C)(C)C(C)(C)O2)c(F)c1. The summed E-state index contributed by atoms with van der Waals surface area (Å²) in [6.45, 7) is 7.72. The van der Waals surface area contributed by atoms with Crippen molar-refractivity contribution >= 4 is 25.3 Å². The highest BCUT2D eigenvalue weighted by Gasteiger charge is 2.52. The number of carbonyl (C=O) groups is 2. The summed E-state index contributed by atoms with van der Waals surface area (Å²) in [5.41, 5.74) is 0.386. The second-order valence-electron chi connectivity index (χ2n) is 8.95. The van der Waals surface area contributed by atoms with Crippen LogP contribution in [0.25, 0.3) is 6.08 Å². The molecule has 34 heavy (non-hydrogen) atoms. The third-order valence-corrected chi connectivity index (χ3v) is 5.97. The van der Waals surface area contributed by atoms with Crippen LogP contribution in [-0.4, -0.2) is 44.0 Å². The Morgan fingerprint density at radius 3 is 2.29 bits per heavy atom. The Labute approximate surface area is 199 Å². The van der Waals surface area contributed by atoms with Crippen LogP contribution in [0, 0.1) is 5.82 Å². The number of halogens is 1. The van der Waals surface area contributed by atoms with E-state index in [0.717, 1.165) is 11.6 Å². The molecule has 9 heteroatoms. The van der Waals surface area contributed by atoms with Crippen molar-refractivity contribution in [3.8, 4) is 0 Å². The lowest BCUT2D eigenvalue weighted by atomic mass is 9.77. The normalized spacial score (nSPS) is 16.8. The summed E-state index contributed by atoms with van der Waals surface area (Å²) >= 11 is 0. The van der Waals surface area contributed by atoms with Crippen LogP contribution in [0.2, 0.25) is 0 Å². The number of benzene rings is 2. The van der Waals surface area contributed by atoms with Crippen molar-refractivity contribution in [2.45, 2.75) is 45.5 Å². The summed E-state index contributed by atoms with van der Waals surface area (Å²) in [6.07, 6.45) is 0.906. The summed E-state index contributed by atoms with van der Waals surface area (Å²) in [5.74, 6) is -1.26. The largest absolute Gasteiger partial charge is 0.492 e. The number of hydrogen-bond donors (Lipinski definition) is 1. The predicted molar refractivity (Wildman–Crippen MR) is 126 cm³/mol. The van der Waals surface area contributed by atoms with Gasteiger partial charge >= 0.3 is 19.2 Å². The van der Waals surface area contributed by atoms with E-state index in [1.807, 2.05) is 58.0 Å². The van der Waals surface area contributed by atoms with Crippen LogP contribution >= 0.6 is 0 Å². The van der Waals surface area contributed by atoms with Crippen LogP contribution in [0.5, 0.6) is 0 Å². The number of amides is 1. The molecule has 0 aromatic heterocycles. The van der Waals surface area contributed by atoms with E-state index < -0.39 is 36.2 Å². The molecular formula is C25H29BFNO6. The highest BCUT2D eigenvalue weighted by molar-refractivity contribution is 6.56. The van der Waals surface area contributed by atoms with Crippen molar-refractivity contribution < 1.29 is 32.8 Å².